The van der Waals surface area contributed by atoms with Crippen molar-refractivity contribution < 1.29 is 14.3 Å². The molecular formula is C22H16ClN3O3S. The van der Waals surface area contributed by atoms with Crippen LogP contribution in [0.25, 0.3) is 10.2 Å². The molecule has 0 atom stereocenters. The van der Waals surface area contributed by atoms with E-state index >= 15 is 0 Å². The Kier molecular flexibility index (Phi) is 5.65. The number of fused-ring (bicyclic) bond motifs is 1. The number of carbonyl (C=O) groups excluding carboxylic acids is 2. The van der Waals surface area contributed by atoms with Gasteiger partial charge in [0, 0.05) is 11.3 Å². The molecule has 0 saturated carbocycles. The van der Waals surface area contributed by atoms with Gasteiger partial charge in [-0.25, -0.2) is 4.98 Å². The number of hydrogen-bond acceptors (Lipinski definition) is 5. The molecular weight excluding hydrogens is 422 g/mol. The zero-order chi connectivity index (χ0) is 21.1. The van der Waals surface area contributed by atoms with E-state index in [-0.39, 0.29) is 11.8 Å². The van der Waals surface area contributed by atoms with E-state index in [1.54, 1.807) is 66.2 Å². The summed E-state index contributed by atoms with van der Waals surface area (Å²) in [6, 6.07) is 17.1. The second-order valence-electron chi connectivity index (χ2n) is 6.34. The van der Waals surface area contributed by atoms with Crippen LogP contribution < -0.4 is 15.4 Å². The monoisotopic (exact) mass is 437 g/mol. The number of benzene rings is 3. The highest BCUT2D eigenvalue weighted by molar-refractivity contribution is 7.16. The van der Waals surface area contributed by atoms with Crippen LogP contribution in [0.3, 0.4) is 0 Å². The molecule has 0 spiro atoms. The summed E-state index contributed by atoms with van der Waals surface area (Å²) in [6.45, 7) is 0. The van der Waals surface area contributed by atoms with E-state index in [1.165, 1.54) is 18.4 Å². The average Bonchev–Trinajstić information content (AvgIpc) is 3.22. The fraction of sp³-hybridized carbons (Fsp3) is 0.0455. The lowest BCUT2D eigenvalue weighted by Gasteiger charge is -2.12. The first-order chi connectivity index (χ1) is 14.5. The molecule has 1 heterocycles. The number of nitrogens with zero attached hydrogens (tertiary/aromatic N) is 1. The van der Waals surface area contributed by atoms with E-state index < -0.39 is 0 Å². The Bertz CT molecular complexity index is 1260. The number of halogens is 1. The predicted octanol–water partition coefficient (Wildman–Crippen LogP) is 5.46. The summed E-state index contributed by atoms with van der Waals surface area (Å²) in [5.74, 6) is -0.164. The van der Waals surface area contributed by atoms with Crippen LogP contribution in [-0.2, 0) is 0 Å². The summed E-state index contributed by atoms with van der Waals surface area (Å²) in [7, 11) is 1.52. The molecule has 0 bridgehead atoms. The number of rotatable bonds is 5. The first-order valence-electron chi connectivity index (χ1n) is 8.93. The lowest BCUT2D eigenvalue weighted by atomic mass is 10.1. The smallest absolute Gasteiger partial charge is 0.257 e. The number of hydrogen-bond donors (Lipinski definition) is 2. The van der Waals surface area contributed by atoms with Gasteiger partial charge >= 0.3 is 0 Å². The molecule has 0 unspecified atom stereocenters. The van der Waals surface area contributed by atoms with E-state index in [0.29, 0.717) is 33.3 Å². The summed E-state index contributed by atoms with van der Waals surface area (Å²) in [5, 5.41) is 5.99. The van der Waals surface area contributed by atoms with E-state index in [1.807, 2.05) is 0 Å². The van der Waals surface area contributed by atoms with Crippen LogP contribution in [0.2, 0.25) is 5.02 Å². The molecule has 0 radical (unpaired) electrons. The Morgan fingerprint density at radius 2 is 1.83 bits per heavy atom. The number of ether oxygens (including phenoxy) is 1. The summed E-state index contributed by atoms with van der Waals surface area (Å²) in [6.07, 6.45) is 0. The number of para-hydroxylation sites is 1. The van der Waals surface area contributed by atoms with Gasteiger partial charge in [0.2, 0.25) is 0 Å². The maximum atomic E-state index is 12.8. The minimum absolute atomic E-state index is 0.307. The van der Waals surface area contributed by atoms with Crippen LogP contribution in [0.5, 0.6) is 5.75 Å². The van der Waals surface area contributed by atoms with E-state index in [2.05, 4.69) is 15.6 Å². The molecule has 30 heavy (non-hydrogen) atoms. The van der Waals surface area contributed by atoms with Gasteiger partial charge in [0.05, 0.1) is 39.1 Å². The fourth-order valence-electron chi connectivity index (χ4n) is 2.92. The van der Waals surface area contributed by atoms with Crippen molar-refractivity contribution in [3.05, 3.63) is 82.3 Å². The highest BCUT2D eigenvalue weighted by Crippen LogP contribution is 2.28. The normalized spacial score (nSPS) is 10.6. The molecule has 0 aliphatic rings. The summed E-state index contributed by atoms with van der Waals surface area (Å²) >= 11 is 7.59. The standard InChI is InChI=1S/C22H16ClN3O3S/c1-29-19-9-7-14(11-16(19)23)25-22(28)15-4-2-3-5-17(15)26-21(27)13-6-8-18-20(10-13)30-12-24-18/h2-12H,1H3,(H,25,28)(H,26,27). The lowest BCUT2D eigenvalue weighted by molar-refractivity contribution is 0.102. The summed E-state index contributed by atoms with van der Waals surface area (Å²) in [5.41, 5.74) is 4.32. The second-order valence-corrected chi connectivity index (χ2v) is 7.63. The van der Waals surface area contributed by atoms with Gasteiger partial charge in [-0.1, -0.05) is 23.7 Å². The Morgan fingerprint density at radius 1 is 1.00 bits per heavy atom. The van der Waals surface area contributed by atoms with Crippen molar-refractivity contribution in [2.45, 2.75) is 0 Å². The van der Waals surface area contributed by atoms with Crippen molar-refractivity contribution in [3.63, 3.8) is 0 Å². The molecule has 150 valence electrons. The van der Waals surface area contributed by atoms with Crippen molar-refractivity contribution in [2.75, 3.05) is 17.7 Å². The van der Waals surface area contributed by atoms with Gasteiger partial charge in [-0.2, -0.15) is 0 Å². The minimum atomic E-state index is -0.370. The zero-order valence-electron chi connectivity index (χ0n) is 15.8. The minimum Gasteiger partial charge on any atom is -0.495 e. The molecule has 8 heteroatoms. The van der Waals surface area contributed by atoms with E-state index in [4.69, 9.17) is 16.3 Å². The first kappa shape index (κ1) is 19.9. The molecule has 0 aliphatic heterocycles. The molecule has 2 amide bonds. The average molecular weight is 438 g/mol. The van der Waals surface area contributed by atoms with Crippen LogP contribution in [-0.4, -0.2) is 23.9 Å². The summed E-state index contributed by atoms with van der Waals surface area (Å²) < 4.78 is 6.04. The Morgan fingerprint density at radius 3 is 2.63 bits per heavy atom. The third-order valence-corrected chi connectivity index (χ3v) is 5.51. The van der Waals surface area contributed by atoms with Gasteiger partial charge in [0.25, 0.3) is 11.8 Å². The Labute approximate surface area is 181 Å². The van der Waals surface area contributed by atoms with Crippen molar-refractivity contribution >= 4 is 56.3 Å². The maximum absolute atomic E-state index is 12.8. The Hall–Kier alpha value is -3.42. The van der Waals surface area contributed by atoms with Crippen LogP contribution in [0.4, 0.5) is 11.4 Å². The topological polar surface area (TPSA) is 80.3 Å². The molecule has 4 aromatic rings. The number of amides is 2. The molecule has 3 aromatic carbocycles. The Balaban J connectivity index is 1.55. The van der Waals surface area contributed by atoms with Crippen molar-refractivity contribution in [1.29, 1.82) is 0 Å². The third kappa shape index (κ3) is 4.12. The van der Waals surface area contributed by atoms with Crippen molar-refractivity contribution in [1.82, 2.24) is 4.98 Å². The molecule has 0 saturated heterocycles. The number of thiazole rings is 1. The quantitative estimate of drug-likeness (QED) is 0.434. The van der Waals surface area contributed by atoms with Gasteiger partial charge in [-0.15, -0.1) is 11.3 Å². The van der Waals surface area contributed by atoms with E-state index in [0.717, 1.165) is 10.2 Å². The SMILES string of the molecule is COc1ccc(NC(=O)c2ccccc2NC(=O)c2ccc3ncsc3c2)cc1Cl. The van der Waals surface area contributed by atoms with Gasteiger partial charge in [-0.3, -0.25) is 9.59 Å². The van der Waals surface area contributed by atoms with Gasteiger partial charge in [-0.05, 0) is 48.5 Å². The molecule has 0 fully saturated rings. The van der Waals surface area contributed by atoms with Crippen LogP contribution in [0.15, 0.2) is 66.2 Å². The van der Waals surface area contributed by atoms with E-state index in [9.17, 15) is 9.59 Å². The molecule has 1 aromatic heterocycles. The number of carbonyl (C=O) groups is 2. The first-order valence-corrected chi connectivity index (χ1v) is 10.2. The number of methoxy groups -OCH3 is 1. The fourth-order valence-corrected chi connectivity index (χ4v) is 3.90. The van der Waals surface area contributed by atoms with Crippen LogP contribution in [0, 0.1) is 0 Å². The van der Waals surface area contributed by atoms with Crippen LogP contribution in [0.1, 0.15) is 20.7 Å². The molecule has 0 aliphatic carbocycles. The molecule has 4 rings (SSSR count). The number of aromatic nitrogens is 1. The highest BCUT2D eigenvalue weighted by Gasteiger charge is 2.15. The third-order valence-electron chi connectivity index (χ3n) is 4.42. The predicted molar refractivity (Wildman–Crippen MR) is 120 cm³/mol. The van der Waals surface area contributed by atoms with Gasteiger partial charge in [0.1, 0.15) is 5.75 Å². The highest BCUT2D eigenvalue weighted by atomic mass is 35.5. The lowest BCUT2D eigenvalue weighted by Crippen LogP contribution is -2.18. The molecule has 2 N–H and O–H groups in total. The molecule has 6 nitrogen and oxygen atoms in total. The van der Waals surface area contributed by atoms with Gasteiger partial charge < -0.3 is 15.4 Å². The maximum Gasteiger partial charge on any atom is 0.257 e. The summed E-state index contributed by atoms with van der Waals surface area (Å²) in [4.78, 5) is 29.8. The zero-order valence-corrected chi connectivity index (χ0v) is 17.4. The second kappa shape index (κ2) is 8.52. The van der Waals surface area contributed by atoms with Gasteiger partial charge in [0.15, 0.2) is 0 Å². The largest absolute Gasteiger partial charge is 0.495 e. The number of anilines is 2. The van der Waals surface area contributed by atoms with Crippen molar-refractivity contribution in [3.8, 4) is 5.75 Å². The number of nitrogens with one attached hydrogen (secondary N) is 2. The van der Waals surface area contributed by atoms with Crippen molar-refractivity contribution in [2.24, 2.45) is 0 Å². The van der Waals surface area contributed by atoms with Crippen LogP contribution >= 0.6 is 22.9 Å².